The zero-order valence-electron chi connectivity index (χ0n) is 21.6. The smallest absolute Gasteiger partial charge is 0.204 e. The van der Waals surface area contributed by atoms with Gasteiger partial charge in [0.05, 0.1) is 31.4 Å². The monoisotopic (exact) mass is 514 g/mol. The third-order valence-corrected chi connectivity index (χ3v) is 6.84. The minimum Gasteiger partial charge on any atom is -0.493 e. The first kappa shape index (κ1) is 25.5. The van der Waals surface area contributed by atoms with E-state index in [0.717, 1.165) is 31.5 Å². The Kier molecular flexibility index (Phi) is 7.74. The van der Waals surface area contributed by atoms with Crippen molar-refractivity contribution >= 4 is 34.0 Å². The molecule has 1 aliphatic carbocycles. The molecule has 0 unspecified atom stereocenters. The second kappa shape index (κ2) is 11.5. The van der Waals surface area contributed by atoms with Crippen molar-refractivity contribution in [2.45, 2.75) is 25.9 Å². The number of carbonyl (C=O) groups excluding carboxylic acids is 2. The van der Waals surface area contributed by atoms with E-state index in [1.54, 1.807) is 19.2 Å². The largest absolute Gasteiger partial charge is 0.493 e. The number of likely N-dealkylation sites (tertiary alicyclic amines) is 1. The van der Waals surface area contributed by atoms with Gasteiger partial charge in [-0.15, -0.1) is 0 Å². The molecule has 0 saturated carbocycles. The highest BCUT2D eigenvalue weighted by Gasteiger charge is 2.27. The topological polar surface area (TPSA) is 103 Å². The Morgan fingerprint density at radius 1 is 1.03 bits per heavy atom. The summed E-state index contributed by atoms with van der Waals surface area (Å²) in [6.45, 7) is 2.94. The van der Waals surface area contributed by atoms with Crippen LogP contribution in [0.15, 0.2) is 65.6 Å². The lowest BCUT2D eigenvalue weighted by atomic mass is 9.98. The van der Waals surface area contributed by atoms with E-state index in [-0.39, 0.29) is 41.9 Å². The number of benzene rings is 2. The summed E-state index contributed by atoms with van der Waals surface area (Å²) in [6.07, 6.45) is 4.60. The number of aromatic nitrogens is 2. The Labute approximate surface area is 221 Å². The van der Waals surface area contributed by atoms with Crippen molar-refractivity contribution in [2.75, 3.05) is 33.9 Å². The summed E-state index contributed by atoms with van der Waals surface area (Å²) in [5.74, 6) is 1.26. The first-order valence-electron chi connectivity index (χ1n) is 12.7. The van der Waals surface area contributed by atoms with Crippen LogP contribution in [-0.4, -0.2) is 66.0 Å². The van der Waals surface area contributed by atoms with Crippen LogP contribution in [0.5, 0.6) is 11.5 Å². The molecular formula is C29H30N4O5. The van der Waals surface area contributed by atoms with E-state index >= 15 is 0 Å². The Bertz CT molecular complexity index is 1390. The van der Waals surface area contributed by atoms with Crippen LogP contribution in [0.2, 0.25) is 0 Å². The lowest BCUT2D eigenvalue weighted by Crippen LogP contribution is -2.32. The van der Waals surface area contributed by atoms with Gasteiger partial charge in [0, 0.05) is 17.5 Å². The number of hydrogen-bond donors (Lipinski definition) is 0. The molecule has 1 fully saturated rings. The van der Waals surface area contributed by atoms with Gasteiger partial charge in [-0.2, -0.15) is 0 Å². The SMILES string of the molecule is COc1cc2c(N=C3CC(=O)C(OCc4ccccc4)=CC3=O)ncnc2cc1OCC1CCN(C)CC1. The van der Waals surface area contributed by atoms with Crippen LogP contribution in [0, 0.1) is 5.92 Å². The Balaban J connectivity index is 1.34. The summed E-state index contributed by atoms with van der Waals surface area (Å²) < 4.78 is 17.3. The van der Waals surface area contributed by atoms with Gasteiger partial charge in [-0.1, -0.05) is 30.3 Å². The normalized spacial score (nSPS) is 18.1. The van der Waals surface area contributed by atoms with Crippen LogP contribution in [0.4, 0.5) is 5.82 Å². The van der Waals surface area contributed by atoms with Crippen LogP contribution in [0.3, 0.4) is 0 Å². The van der Waals surface area contributed by atoms with E-state index in [1.807, 2.05) is 30.3 Å². The quantitative estimate of drug-likeness (QED) is 0.443. The van der Waals surface area contributed by atoms with Gasteiger partial charge < -0.3 is 19.1 Å². The molecule has 1 aromatic heterocycles. The van der Waals surface area contributed by atoms with E-state index in [1.165, 1.54) is 12.4 Å². The van der Waals surface area contributed by atoms with Crippen LogP contribution >= 0.6 is 0 Å². The van der Waals surface area contributed by atoms with Gasteiger partial charge in [0.2, 0.25) is 11.6 Å². The lowest BCUT2D eigenvalue weighted by molar-refractivity contribution is -0.120. The Hall–Kier alpha value is -4.11. The zero-order valence-corrected chi connectivity index (χ0v) is 21.6. The average molecular weight is 515 g/mol. The predicted octanol–water partition coefficient (Wildman–Crippen LogP) is 4.07. The van der Waals surface area contributed by atoms with Crippen molar-refractivity contribution in [3.05, 3.63) is 66.2 Å². The molecule has 9 heteroatoms. The van der Waals surface area contributed by atoms with Gasteiger partial charge in [0.15, 0.2) is 23.1 Å². The third kappa shape index (κ3) is 5.89. The number of piperidine rings is 1. The molecule has 0 atom stereocenters. The van der Waals surface area contributed by atoms with E-state index < -0.39 is 0 Å². The second-order valence-corrected chi connectivity index (χ2v) is 9.58. The number of fused-ring (bicyclic) bond motifs is 1. The van der Waals surface area contributed by atoms with Gasteiger partial charge in [0.1, 0.15) is 12.9 Å². The minimum atomic E-state index is -0.385. The maximum Gasteiger partial charge on any atom is 0.204 e. The molecule has 0 spiro atoms. The lowest BCUT2D eigenvalue weighted by Gasteiger charge is -2.28. The first-order valence-corrected chi connectivity index (χ1v) is 12.7. The fourth-order valence-corrected chi connectivity index (χ4v) is 4.54. The van der Waals surface area contributed by atoms with E-state index in [4.69, 9.17) is 14.2 Å². The van der Waals surface area contributed by atoms with E-state index in [0.29, 0.717) is 34.9 Å². The van der Waals surface area contributed by atoms with Gasteiger partial charge >= 0.3 is 0 Å². The average Bonchev–Trinajstić information content (AvgIpc) is 2.94. The van der Waals surface area contributed by atoms with Crippen molar-refractivity contribution < 1.29 is 23.8 Å². The van der Waals surface area contributed by atoms with Crippen LogP contribution in [0.1, 0.15) is 24.8 Å². The highest BCUT2D eigenvalue weighted by molar-refractivity contribution is 6.50. The summed E-state index contributed by atoms with van der Waals surface area (Å²) in [7, 11) is 3.71. The third-order valence-electron chi connectivity index (χ3n) is 6.84. The molecule has 0 N–H and O–H groups in total. The van der Waals surface area contributed by atoms with E-state index in [2.05, 4.69) is 26.9 Å². The molecule has 2 heterocycles. The van der Waals surface area contributed by atoms with Crippen molar-refractivity contribution in [3.8, 4) is 11.5 Å². The van der Waals surface area contributed by atoms with Crippen LogP contribution in [-0.2, 0) is 20.9 Å². The number of methoxy groups -OCH3 is 1. The van der Waals surface area contributed by atoms with Gasteiger partial charge in [0.25, 0.3) is 0 Å². The second-order valence-electron chi connectivity index (χ2n) is 9.58. The number of nitrogens with zero attached hydrogens (tertiary/aromatic N) is 4. The number of carbonyl (C=O) groups is 2. The fourth-order valence-electron chi connectivity index (χ4n) is 4.54. The Morgan fingerprint density at radius 3 is 2.58 bits per heavy atom. The molecule has 1 aliphatic heterocycles. The standard InChI is InChI=1S/C29H30N4O5/c1-33-10-8-20(9-11-33)17-38-28-14-22-21(12-27(28)36-2)29(31-18-30-22)32-23-13-25(35)26(15-24(23)34)37-16-19-6-4-3-5-7-19/h3-7,12,14-15,18,20H,8-11,13,16-17H2,1-2H3. The number of hydrogen-bond acceptors (Lipinski definition) is 9. The maximum absolute atomic E-state index is 12.8. The molecule has 0 radical (unpaired) electrons. The molecule has 38 heavy (non-hydrogen) atoms. The zero-order chi connectivity index (χ0) is 26.5. The summed E-state index contributed by atoms with van der Waals surface area (Å²) in [5, 5.41) is 0.596. The van der Waals surface area contributed by atoms with Gasteiger partial charge in [-0.05, 0) is 50.5 Å². The number of aliphatic imine (C=N–C) groups is 1. The number of Topliss-reactive ketones (excluding diaryl/α,β-unsaturated/α-hetero) is 1. The molecule has 9 nitrogen and oxygen atoms in total. The molecule has 3 aromatic rings. The summed E-state index contributed by atoms with van der Waals surface area (Å²) in [4.78, 5) is 40.9. The van der Waals surface area contributed by atoms with Gasteiger partial charge in [-0.3, -0.25) is 9.59 Å². The molecule has 196 valence electrons. The van der Waals surface area contributed by atoms with Crippen molar-refractivity contribution in [1.82, 2.24) is 14.9 Å². The molecule has 2 aliphatic rings. The molecule has 2 aromatic carbocycles. The number of rotatable bonds is 8. The van der Waals surface area contributed by atoms with Crippen molar-refractivity contribution in [3.63, 3.8) is 0 Å². The number of allylic oxidation sites excluding steroid dienone is 2. The molecule has 0 bridgehead atoms. The molecule has 1 saturated heterocycles. The van der Waals surface area contributed by atoms with E-state index in [9.17, 15) is 9.59 Å². The maximum atomic E-state index is 12.8. The summed E-state index contributed by atoms with van der Waals surface area (Å²) in [6, 6.07) is 13.0. The highest BCUT2D eigenvalue weighted by Crippen LogP contribution is 2.35. The molecule has 0 amide bonds. The van der Waals surface area contributed by atoms with Crippen LogP contribution < -0.4 is 9.47 Å². The number of ketones is 2. The highest BCUT2D eigenvalue weighted by atomic mass is 16.5. The molecular weight excluding hydrogens is 484 g/mol. The van der Waals surface area contributed by atoms with Gasteiger partial charge in [-0.25, -0.2) is 15.0 Å². The summed E-state index contributed by atoms with van der Waals surface area (Å²) >= 11 is 0. The molecule has 5 rings (SSSR count). The first-order chi connectivity index (χ1) is 18.5. The van der Waals surface area contributed by atoms with Crippen LogP contribution in [0.25, 0.3) is 10.9 Å². The minimum absolute atomic E-state index is 0.0402. The fraction of sp³-hybridized carbons (Fsp3) is 0.345. The summed E-state index contributed by atoms with van der Waals surface area (Å²) in [5.41, 5.74) is 1.61. The van der Waals surface area contributed by atoms with Crippen molar-refractivity contribution in [1.29, 1.82) is 0 Å². The Morgan fingerprint density at radius 2 is 1.82 bits per heavy atom. The predicted molar refractivity (Wildman–Crippen MR) is 143 cm³/mol. The van der Waals surface area contributed by atoms with Crippen molar-refractivity contribution in [2.24, 2.45) is 10.9 Å². The number of ether oxygens (including phenoxy) is 3.